The molecule has 1 aliphatic carbocycles. The van der Waals surface area contributed by atoms with Crippen molar-refractivity contribution in [2.24, 2.45) is 5.92 Å². The summed E-state index contributed by atoms with van der Waals surface area (Å²) in [7, 11) is -3.78. The number of fused-ring (bicyclic) bond motifs is 1. The van der Waals surface area contributed by atoms with Gasteiger partial charge in [-0.15, -0.1) is 0 Å². The first-order valence-corrected chi connectivity index (χ1v) is 14.4. The Morgan fingerprint density at radius 2 is 1.78 bits per heavy atom. The number of ether oxygens (including phenoxy) is 1. The van der Waals surface area contributed by atoms with Crippen LogP contribution < -0.4 is 4.72 Å². The van der Waals surface area contributed by atoms with Crippen molar-refractivity contribution < 1.29 is 17.9 Å². The van der Waals surface area contributed by atoms with Gasteiger partial charge in [0.2, 0.25) is 10.0 Å². The van der Waals surface area contributed by atoms with Crippen LogP contribution in [0, 0.1) is 5.92 Å². The molecule has 1 heterocycles. The topological polar surface area (TPSA) is 90.3 Å². The molecule has 3 aromatic rings. The zero-order valence-corrected chi connectivity index (χ0v) is 22.9. The summed E-state index contributed by atoms with van der Waals surface area (Å²) >= 11 is 6.77. The van der Waals surface area contributed by atoms with Gasteiger partial charge in [0, 0.05) is 16.3 Å². The van der Waals surface area contributed by atoms with Crippen molar-refractivity contribution in [2.75, 3.05) is 6.61 Å². The highest BCUT2D eigenvalue weighted by molar-refractivity contribution is 7.89. The van der Waals surface area contributed by atoms with Crippen molar-refractivity contribution in [3.63, 3.8) is 0 Å². The summed E-state index contributed by atoms with van der Waals surface area (Å²) in [6, 6.07) is 10.7. The number of carbonyl (C=O) groups excluding carboxylic acids is 1. The summed E-state index contributed by atoms with van der Waals surface area (Å²) in [6.45, 7) is 7.38. The van der Waals surface area contributed by atoms with Crippen LogP contribution in [0.15, 0.2) is 41.3 Å². The first-order chi connectivity index (χ1) is 17.0. The second-order valence-corrected chi connectivity index (χ2v) is 12.5. The Labute approximate surface area is 218 Å². The number of aromatic nitrogens is 2. The van der Waals surface area contributed by atoms with Crippen LogP contribution in [0.5, 0.6) is 0 Å². The van der Waals surface area contributed by atoms with Gasteiger partial charge in [-0.05, 0) is 52.2 Å². The molecule has 7 nitrogen and oxygen atoms in total. The highest BCUT2D eigenvalue weighted by atomic mass is 35.5. The highest BCUT2D eigenvalue weighted by Crippen LogP contribution is 2.35. The van der Waals surface area contributed by atoms with E-state index in [-0.39, 0.29) is 17.2 Å². The van der Waals surface area contributed by atoms with Crippen molar-refractivity contribution in [1.82, 2.24) is 14.5 Å². The third-order valence-electron chi connectivity index (χ3n) is 6.41. The molecule has 36 heavy (non-hydrogen) atoms. The normalized spacial score (nSPS) is 15.4. The summed E-state index contributed by atoms with van der Waals surface area (Å²) in [5, 5.41) is 6.18. The molecule has 0 radical (unpaired) electrons. The predicted molar refractivity (Wildman–Crippen MR) is 142 cm³/mol. The summed E-state index contributed by atoms with van der Waals surface area (Å²) in [4.78, 5) is 12.9. The largest absolute Gasteiger partial charge is 0.461 e. The summed E-state index contributed by atoms with van der Waals surface area (Å²) < 4.78 is 36.1. The minimum atomic E-state index is -3.78. The molecule has 2 aromatic carbocycles. The Hall–Kier alpha value is -2.42. The fourth-order valence-corrected chi connectivity index (χ4v) is 6.84. The van der Waals surface area contributed by atoms with Crippen molar-refractivity contribution in [3.05, 3.63) is 52.8 Å². The van der Waals surface area contributed by atoms with E-state index in [1.54, 1.807) is 50.6 Å². The second kappa shape index (κ2) is 10.5. The number of sulfonamides is 1. The van der Waals surface area contributed by atoms with Gasteiger partial charge in [-0.1, -0.05) is 68.0 Å². The van der Waals surface area contributed by atoms with Gasteiger partial charge in [-0.2, -0.15) is 5.10 Å². The Balaban J connectivity index is 1.89. The zero-order chi connectivity index (χ0) is 26.1. The molecule has 194 valence electrons. The molecule has 0 amide bonds. The SMILES string of the molecule is CCOC(=O)c1nn(-c2ccc(S(=O)(=O)NC(C)(C)C)c3ccccc23)c(CC2CCCCC2)c1Cl. The molecule has 0 atom stereocenters. The van der Waals surface area contributed by atoms with Crippen LogP contribution in [-0.4, -0.2) is 36.3 Å². The standard InChI is InChI=1S/C27H34ClN3O4S/c1-5-35-26(32)25-24(28)22(17-18-11-7-6-8-12-18)31(29-25)21-15-16-23(20-14-10-9-13-19(20)21)36(33,34)30-27(2,3)4/h9-10,13-16,18,30H,5-8,11-12,17H2,1-4H3. The van der Waals surface area contributed by atoms with Gasteiger partial charge in [-0.3, -0.25) is 0 Å². The zero-order valence-electron chi connectivity index (χ0n) is 21.3. The number of rotatable bonds is 7. The number of halogens is 1. The minimum absolute atomic E-state index is 0.0829. The van der Waals surface area contributed by atoms with Gasteiger partial charge < -0.3 is 4.74 Å². The Morgan fingerprint density at radius 3 is 2.42 bits per heavy atom. The molecular weight excluding hydrogens is 498 g/mol. The molecular formula is C27H34ClN3O4S. The predicted octanol–water partition coefficient (Wildman–Crippen LogP) is 6.06. The van der Waals surface area contributed by atoms with Crippen LogP contribution in [0.1, 0.15) is 76.0 Å². The van der Waals surface area contributed by atoms with E-state index in [9.17, 15) is 13.2 Å². The van der Waals surface area contributed by atoms with E-state index in [0.29, 0.717) is 33.8 Å². The number of benzene rings is 2. The third kappa shape index (κ3) is 5.61. The van der Waals surface area contributed by atoms with Crippen LogP contribution in [0.3, 0.4) is 0 Å². The van der Waals surface area contributed by atoms with Gasteiger partial charge in [0.05, 0.1) is 27.9 Å². The second-order valence-electron chi connectivity index (χ2n) is 10.4. The monoisotopic (exact) mass is 531 g/mol. The number of esters is 1. The smallest absolute Gasteiger partial charge is 0.360 e. The quantitative estimate of drug-likeness (QED) is 0.374. The molecule has 0 bridgehead atoms. The summed E-state index contributed by atoms with van der Waals surface area (Å²) in [6.07, 6.45) is 6.49. The van der Waals surface area contributed by atoms with Crippen molar-refractivity contribution in [2.45, 2.75) is 76.7 Å². The van der Waals surface area contributed by atoms with Gasteiger partial charge in [0.15, 0.2) is 5.69 Å². The van der Waals surface area contributed by atoms with Crippen LogP contribution in [-0.2, 0) is 21.2 Å². The lowest BCUT2D eigenvalue weighted by Crippen LogP contribution is -2.40. The van der Waals surface area contributed by atoms with Crippen LogP contribution in [0.25, 0.3) is 16.5 Å². The van der Waals surface area contributed by atoms with E-state index in [1.165, 1.54) is 19.3 Å². The fourth-order valence-electron chi connectivity index (χ4n) is 4.94. The number of nitrogens with zero attached hydrogens (tertiary/aromatic N) is 2. The Morgan fingerprint density at radius 1 is 1.11 bits per heavy atom. The molecule has 1 saturated carbocycles. The molecule has 1 aliphatic rings. The molecule has 1 fully saturated rings. The highest BCUT2D eigenvalue weighted by Gasteiger charge is 2.29. The minimum Gasteiger partial charge on any atom is -0.461 e. The maximum atomic E-state index is 13.2. The summed E-state index contributed by atoms with van der Waals surface area (Å²) in [5.41, 5.74) is 0.874. The summed E-state index contributed by atoms with van der Waals surface area (Å²) in [5.74, 6) is -0.118. The lowest BCUT2D eigenvalue weighted by atomic mass is 9.86. The van der Waals surface area contributed by atoms with Crippen LogP contribution in [0.4, 0.5) is 0 Å². The third-order valence-corrected chi connectivity index (χ3v) is 8.63. The van der Waals surface area contributed by atoms with Gasteiger partial charge >= 0.3 is 5.97 Å². The molecule has 0 unspecified atom stereocenters. The molecule has 0 spiro atoms. The molecule has 0 saturated heterocycles. The van der Waals surface area contributed by atoms with Gasteiger partial charge in [0.25, 0.3) is 0 Å². The van der Waals surface area contributed by atoms with Crippen LogP contribution >= 0.6 is 11.6 Å². The van der Waals surface area contributed by atoms with E-state index >= 15 is 0 Å². The first kappa shape index (κ1) is 26.6. The number of nitrogens with one attached hydrogen (secondary N) is 1. The van der Waals surface area contributed by atoms with Crippen LogP contribution in [0.2, 0.25) is 5.02 Å². The Kier molecular flexibility index (Phi) is 7.78. The Bertz CT molecular complexity index is 1370. The lowest BCUT2D eigenvalue weighted by molar-refractivity contribution is 0.0519. The van der Waals surface area contributed by atoms with E-state index in [1.807, 2.05) is 18.2 Å². The number of hydrogen-bond donors (Lipinski definition) is 1. The maximum absolute atomic E-state index is 13.2. The average Bonchev–Trinajstić information content (AvgIpc) is 3.13. The van der Waals surface area contributed by atoms with E-state index < -0.39 is 21.5 Å². The lowest BCUT2D eigenvalue weighted by Gasteiger charge is -2.23. The van der Waals surface area contributed by atoms with Crippen molar-refractivity contribution in [3.8, 4) is 5.69 Å². The number of hydrogen-bond acceptors (Lipinski definition) is 5. The van der Waals surface area contributed by atoms with E-state index in [2.05, 4.69) is 9.82 Å². The van der Waals surface area contributed by atoms with Crippen molar-refractivity contribution in [1.29, 1.82) is 0 Å². The number of carbonyl (C=O) groups is 1. The molecule has 0 aliphatic heterocycles. The molecule has 1 aromatic heterocycles. The molecule has 4 rings (SSSR count). The first-order valence-electron chi connectivity index (χ1n) is 12.5. The molecule has 9 heteroatoms. The van der Waals surface area contributed by atoms with E-state index in [4.69, 9.17) is 16.3 Å². The fraction of sp³-hybridized carbons (Fsp3) is 0.481. The average molecular weight is 532 g/mol. The van der Waals surface area contributed by atoms with Gasteiger partial charge in [-0.25, -0.2) is 22.6 Å². The maximum Gasteiger partial charge on any atom is 0.360 e. The van der Waals surface area contributed by atoms with Crippen molar-refractivity contribution >= 4 is 38.4 Å². The molecule has 1 N–H and O–H groups in total. The van der Waals surface area contributed by atoms with E-state index in [0.717, 1.165) is 18.5 Å². The van der Waals surface area contributed by atoms with Gasteiger partial charge in [0.1, 0.15) is 0 Å².